The number of aromatic nitrogens is 4. The number of carbonyl (C=O) groups excluding carboxylic acids is 1. The minimum absolute atomic E-state index is 0.139. The predicted octanol–water partition coefficient (Wildman–Crippen LogP) is 2.33. The van der Waals surface area contributed by atoms with Crippen molar-refractivity contribution in [3.63, 3.8) is 0 Å². The highest BCUT2D eigenvalue weighted by atomic mass is 16.2. The minimum atomic E-state index is -0.139. The highest BCUT2D eigenvalue weighted by Gasteiger charge is 2.15. The van der Waals surface area contributed by atoms with Crippen LogP contribution in [-0.4, -0.2) is 32.3 Å². The van der Waals surface area contributed by atoms with Gasteiger partial charge in [-0.2, -0.15) is 0 Å². The molecule has 1 aromatic carbocycles. The molecule has 3 rings (SSSR count). The van der Waals surface area contributed by atoms with E-state index in [1.807, 2.05) is 24.3 Å². The minimum Gasteiger partial charge on any atom is -0.335 e. The van der Waals surface area contributed by atoms with Crippen LogP contribution in [0.5, 0.6) is 0 Å². The maximum atomic E-state index is 12.0. The lowest BCUT2D eigenvalue weighted by Crippen LogP contribution is -2.38. The third kappa shape index (κ3) is 3.41. The summed E-state index contributed by atoms with van der Waals surface area (Å²) in [5.41, 5.74) is 1.66. The Morgan fingerprint density at radius 2 is 1.91 bits per heavy atom. The van der Waals surface area contributed by atoms with Gasteiger partial charge in [0, 0.05) is 24.3 Å². The first-order valence-corrected chi connectivity index (χ1v) is 7.63. The molecule has 0 spiro atoms. The molecule has 0 saturated heterocycles. The highest BCUT2D eigenvalue weighted by Crippen LogP contribution is 2.19. The number of carbonyl (C=O) groups is 1. The van der Waals surface area contributed by atoms with Crippen LogP contribution in [0.25, 0.3) is 11.4 Å². The summed E-state index contributed by atoms with van der Waals surface area (Å²) in [6.07, 6.45) is 5.83. The van der Waals surface area contributed by atoms with Crippen LogP contribution in [-0.2, 0) is 7.05 Å². The Balaban J connectivity index is 1.58. The van der Waals surface area contributed by atoms with Crippen molar-refractivity contribution in [2.75, 3.05) is 5.32 Å². The van der Waals surface area contributed by atoms with Crippen molar-refractivity contribution in [2.45, 2.75) is 38.1 Å². The fourth-order valence-corrected chi connectivity index (χ4v) is 2.78. The van der Waals surface area contributed by atoms with E-state index in [-0.39, 0.29) is 6.03 Å². The third-order valence-electron chi connectivity index (χ3n) is 3.96. The molecular formula is C15H20N6O. The fourth-order valence-electron chi connectivity index (χ4n) is 2.78. The SMILES string of the molecule is Cn1nnnc1-c1ccc(NC(=O)NC2CCCCC2)cc1. The zero-order valence-electron chi connectivity index (χ0n) is 12.6. The molecule has 1 aliphatic rings. The monoisotopic (exact) mass is 300 g/mol. The number of rotatable bonds is 3. The summed E-state index contributed by atoms with van der Waals surface area (Å²) < 4.78 is 1.61. The molecule has 1 heterocycles. The van der Waals surface area contributed by atoms with Gasteiger partial charge in [-0.15, -0.1) is 5.10 Å². The summed E-state index contributed by atoms with van der Waals surface area (Å²) >= 11 is 0. The Labute approximate surface area is 129 Å². The van der Waals surface area contributed by atoms with Gasteiger partial charge < -0.3 is 10.6 Å². The van der Waals surface area contributed by atoms with Crippen LogP contribution in [0, 0.1) is 0 Å². The topological polar surface area (TPSA) is 84.7 Å². The van der Waals surface area contributed by atoms with Crippen molar-refractivity contribution in [2.24, 2.45) is 7.05 Å². The van der Waals surface area contributed by atoms with E-state index in [4.69, 9.17) is 0 Å². The average Bonchev–Trinajstić information content (AvgIpc) is 2.95. The van der Waals surface area contributed by atoms with Crippen molar-refractivity contribution in [1.82, 2.24) is 25.5 Å². The van der Waals surface area contributed by atoms with E-state index in [1.54, 1.807) is 11.7 Å². The number of tetrazole rings is 1. The summed E-state index contributed by atoms with van der Waals surface area (Å²) in [6, 6.07) is 7.65. The van der Waals surface area contributed by atoms with Crippen LogP contribution in [0.1, 0.15) is 32.1 Å². The summed E-state index contributed by atoms with van der Waals surface area (Å²) in [5.74, 6) is 0.693. The zero-order chi connectivity index (χ0) is 15.4. The second kappa shape index (κ2) is 6.55. The van der Waals surface area contributed by atoms with Gasteiger partial charge in [0.2, 0.25) is 0 Å². The van der Waals surface area contributed by atoms with Crippen LogP contribution in [0.15, 0.2) is 24.3 Å². The molecule has 1 aliphatic carbocycles. The molecular weight excluding hydrogens is 280 g/mol. The molecule has 22 heavy (non-hydrogen) atoms. The molecule has 116 valence electrons. The maximum absolute atomic E-state index is 12.0. The van der Waals surface area contributed by atoms with Gasteiger partial charge in [-0.3, -0.25) is 0 Å². The smallest absolute Gasteiger partial charge is 0.319 e. The van der Waals surface area contributed by atoms with Crippen LogP contribution in [0.2, 0.25) is 0 Å². The van der Waals surface area contributed by atoms with E-state index in [0.29, 0.717) is 11.9 Å². The standard InChI is InChI=1S/C15H20N6O/c1-21-14(18-19-20-21)11-7-9-13(10-8-11)17-15(22)16-12-5-3-2-4-6-12/h7-10,12H,2-6H2,1H3,(H2,16,17,22). The van der Waals surface area contributed by atoms with Gasteiger partial charge in [0.15, 0.2) is 5.82 Å². The van der Waals surface area contributed by atoms with Crippen LogP contribution in [0.4, 0.5) is 10.5 Å². The number of hydrogen-bond donors (Lipinski definition) is 2. The van der Waals surface area contributed by atoms with Crippen molar-refractivity contribution in [3.05, 3.63) is 24.3 Å². The maximum Gasteiger partial charge on any atom is 0.319 e. The molecule has 1 saturated carbocycles. The lowest BCUT2D eigenvalue weighted by molar-refractivity contribution is 0.244. The highest BCUT2D eigenvalue weighted by molar-refractivity contribution is 5.89. The fraction of sp³-hybridized carbons (Fsp3) is 0.467. The van der Waals surface area contributed by atoms with Gasteiger partial charge in [-0.1, -0.05) is 19.3 Å². The summed E-state index contributed by atoms with van der Waals surface area (Å²) in [6.45, 7) is 0. The van der Waals surface area contributed by atoms with Gasteiger partial charge in [0.25, 0.3) is 0 Å². The molecule has 7 heteroatoms. The molecule has 0 unspecified atom stereocenters. The number of nitrogens with one attached hydrogen (secondary N) is 2. The van der Waals surface area contributed by atoms with Crippen LogP contribution >= 0.6 is 0 Å². The molecule has 1 aromatic heterocycles. The number of nitrogens with zero attached hydrogens (tertiary/aromatic N) is 4. The number of aryl methyl sites for hydroxylation is 1. The van der Waals surface area contributed by atoms with Crippen molar-refractivity contribution < 1.29 is 4.79 Å². The van der Waals surface area contributed by atoms with E-state index >= 15 is 0 Å². The molecule has 7 nitrogen and oxygen atoms in total. The number of urea groups is 1. The molecule has 1 fully saturated rings. The number of benzene rings is 1. The van der Waals surface area contributed by atoms with Crippen LogP contribution < -0.4 is 10.6 Å². The van der Waals surface area contributed by atoms with E-state index in [9.17, 15) is 4.79 Å². The van der Waals surface area contributed by atoms with Crippen molar-refractivity contribution in [1.29, 1.82) is 0 Å². The van der Waals surface area contributed by atoms with Crippen LogP contribution in [0.3, 0.4) is 0 Å². The molecule has 0 radical (unpaired) electrons. The lowest BCUT2D eigenvalue weighted by atomic mass is 9.96. The Kier molecular flexibility index (Phi) is 4.32. The summed E-state index contributed by atoms with van der Waals surface area (Å²) in [5, 5.41) is 17.3. The molecule has 2 aromatic rings. The first kappa shape index (κ1) is 14.5. The largest absolute Gasteiger partial charge is 0.335 e. The molecule has 2 N–H and O–H groups in total. The zero-order valence-corrected chi connectivity index (χ0v) is 12.6. The Morgan fingerprint density at radius 3 is 2.55 bits per heavy atom. The summed E-state index contributed by atoms with van der Waals surface area (Å²) in [7, 11) is 1.79. The number of amides is 2. The van der Waals surface area contributed by atoms with Gasteiger partial charge in [0.05, 0.1) is 0 Å². The van der Waals surface area contributed by atoms with E-state index < -0.39 is 0 Å². The summed E-state index contributed by atoms with van der Waals surface area (Å²) in [4.78, 5) is 12.0. The second-order valence-corrected chi connectivity index (χ2v) is 5.64. The molecule has 0 bridgehead atoms. The van der Waals surface area contributed by atoms with E-state index in [0.717, 1.165) is 24.1 Å². The van der Waals surface area contributed by atoms with Gasteiger partial charge >= 0.3 is 6.03 Å². The molecule has 0 aliphatic heterocycles. The normalized spacial score (nSPS) is 15.5. The van der Waals surface area contributed by atoms with E-state index in [2.05, 4.69) is 26.2 Å². The quantitative estimate of drug-likeness (QED) is 0.911. The van der Waals surface area contributed by atoms with Crippen molar-refractivity contribution in [3.8, 4) is 11.4 Å². The lowest BCUT2D eigenvalue weighted by Gasteiger charge is -2.22. The first-order chi connectivity index (χ1) is 10.7. The second-order valence-electron chi connectivity index (χ2n) is 5.64. The predicted molar refractivity (Wildman–Crippen MR) is 83.3 cm³/mol. The van der Waals surface area contributed by atoms with Gasteiger partial charge in [-0.05, 0) is 47.5 Å². The molecule has 0 atom stereocenters. The first-order valence-electron chi connectivity index (χ1n) is 7.63. The van der Waals surface area contributed by atoms with Gasteiger partial charge in [-0.25, -0.2) is 9.48 Å². The third-order valence-corrected chi connectivity index (χ3v) is 3.96. The average molecular weight is 300 g/mol. The Hall–Kier alpha value is -2.44. The van der Waals surface area contributed by atoms with Gasteiger partial charge in [0.1, 0.15) is 0 Å². The molecule has 2 amide bonds. The van der Waals surface area contributed by atoms with E-state index in [1.165, 1.54) is 19.3 Å². The number of hydrogen-bond acceptors (Lipinski definition) is 4. The Bertz CT molecular complexity index is 630. The Morgan fingerprint density at radius 1 is 1.18 bits per heavy atom. The number of anilines is 1. The van der Waals surface area contributed by atoms with Crippen molar-refractivity contribution >= 4 is 11.7 Å².